The Morgan fingerprint density at radius 3 is 2.50 bits per heavy atom. The van der Waals surface area contributed by atoms with Gasteiger partial charge < -0.3 is 14.0 Å². The lowest BCUT2D eigenvalue weighted by Gasteiger charge is -2.15. The number of rotatable bonds is 9. The summed E-state index contributed by atoms with van der Waals surface area (Å²) >= 11 is 21.4. The molecule has 11 heteroatoms. The summed E-state index contributed by atoms with van der Waals surface area (Å²) in [5, 5.41) is 6.97. The molecule has 0 spiro atoms. The van der Waals surface area contributed by atoms with Crippen molar-refractivity contribution < 1.29 is 23.5 Å². The van der Waals surface area contributed by atoms with E-state index in [0.717, 1.165) is 32.8 Å². The average molecular weight is 648 g/mol. The van der Waals surface area contributed by atoms with E-state index < -0.39 is 0 Å². The maximum atomic E-state index is 10.7. The van der Waals surface area contributed by atoms with Gasteiger partial charge in [0.05, 0.1) is 30.8 Å². The fourth-order valence-corrected chi connectivity index (χ4v) is 7.47. The number of benzene rings is 3. The van der Waals surface area contributed by atoms with Gasteiger partial charge in [0.25, 0.3) is 6.47 Å². The van der Waals surface area contributed by atoms with Crippen LogP contribution in [0.3, 0.4) is 0 Å². The molecule has 6 rings (SSSR count). The predicted octanol–water partition coefficient (Wildman–Crippen LogP) is 9.75. The zero-order valence-electron chi connectivity index (χ0n) is 22.8. The smallest absolute Gasteiger partial charge is 0.298 e. The molecule has 2 heterocycles. The maximum Gasteiger partial charge on any atom is 0.298 e. The van der Waals surface area contributed by atoms with Crippen LogP contribution in [-0.2, 0) is 16.8 Å². The third kappa shape index (κ3) is 5.49. The highest BCUT2D eigenvalue weighted by Crippen LogP contribution is 2.62. The van der Waals surface area contributed by atoms with Crippen LogP contribution in [0.5, 0.6) is 11.5 Å². The van der Waals surface area contributed by atoms with Crippen LogP contribution in [0.15, 0.2) is 59.1 Å². The lowest BCUT2D eigenvalue weighted by atomic mass is 9.95. The molecule has 0 N–H and O–H groups in total. The maximum absolute atomic E-state index is 10.7. The first kappa shape index (κ1) is 30.3. The number of fused-ring (bicyclic) bond motifs is 1. The molecule has 2 atom stereocenters. The topological polar surface area (TPSA) is 74.5 Å². The van der Waals surface area contributed by atoms with Crippen molar-refractivity contribution in [3.8, 4) is 22.8 Å². The zero-order chi connectivity index (χ0) is 28.9. The fourth-order valence-electron chi connectivity index (χ4n) is 5.26. The molecule has 0 saturated heterocycles. The predicted molar refractivity (Wildman–Crippen MR) is 165 cm³/mol. The van der Waals surface area contributed by atoms with Crippen LogP contribution in [0.25, 0.3) is 21.5 Å². The van der Waals surface area contributed by atoms with E-state index in [1.807, 2.05) is 44.2 Å². The van der Waals surface area contributed by atoms with Crippen molar-refractivity contribution in [2.75, 3.05) is 0 Å². The molecular formula is C31H26Cl3FN2O4S. The van der Waals surface area contributed by atoms with E-state index in [-0.39, 0.29) is 28.6 Å². The summed E-state index contributed by atoms with van der Waals surface area (Å²) < 4.78 is 17.9. The number of hydrogen-bond acceptors (Lipinski definition) is 7. The second-order valence-electron chi connectivity index (χ2n) is 10.6. The summed E-state index contributed by atoms with van der Waals surface area (Å²) in [6.45, 7) is 6.91. The number of nitrogens with zero attached hydrogens (tertiary/aromatic N) is 2. The second-order valence-corrected chi connectivity index (χ2v) is 12.9. The molecule has 3 aromatic carbocycles. The molecule has 1 saturated carbocycles. The Hall–Kier alpha value is -3.17. The van der Waals surface area contributed by atoms with Crippen LogP contribution in [0.1, 0.15) is 60.9 Å². The lowest BCUT2D eigenvalue weighted by Crippen LogP contribution is -2.06. The van der Waals surface area contributed by atoms with E-state index in [4.69, 9.17) is 53.8 Å². The molecule has 0 amide bonds. The van der Waals surface area contributed by atoms with Crippen molar-refractivity contribution >= 4 is 62.8 Å². The number of halogens is 4. The van der Waals surface area contributed by atoms with Crippen LogP contribution in [0.4, 0.5) is 4.70 Å². The van der Waals surface area contributed by atoms with Gasteiger partial charge in [0.15, 0.2) is 0 Å². The zero-order valence-corrected chi connectivity index (χ0v) is 25.9. The summed E-state index contributed by atoms with van der Waals surface area (Å²) in [4.78, 5) is 15.5. The highest BCUT2D eigenvalue weighted by molar-refractivity contribution is 7.18. The first-order chi connectivity index (χ1) is 19.7. The number of thiazole rings is 1. The van der Waals surface area contributed by atoms with Crippen molar-refractivity contribution in [2.24, 2.45) is 0 Å². The van der Waals surface area contributed by atoms with Crippen molar-refractivity contribution in [1.29, 1.82) is 0 Å². The van der Waals surface area contributed by atoms with Crippen LogP contribution >= 0.6 is 46.1 Å². The van der Waals surface area contributed by atoms with Gasteiger partial charge in [-0.2, -0.15) is 0 Å². The Morgan fingerprint density at radius 2 is 1.81 bits per heavy atom. The number of carbonyl (C=O) groups excluding carboxylic acids is 1. The van der Waals surface area contributed by atoms with Gasteiger partial charge in [-0.3, -0.25) is 9.50 Å². The summed E-state index contributed by atoms with van der Waals surface area (Å²) in [5.74, 6) is 2.18. The van der Waals surface area contributed by atoms with Gasteiger partial charge in [-0.1, -0.05) is 72.9 Å². The number of hydrogen-bond donors (Lipinski definition) is 0. The van der Waals surface area contributed by atoms with E-state index >= 15 is 0 Å². The Morgan fingerprint density at radius 1 is 1.07 bits per heavy atom. The third-order valence-electron chi connectivity index (χ3n) is 7.58. The molecule has 0 radical (unpaired) electrons. The van der Waals surface area contributed by atoms with Gasteiger partial charge in [-0.25, -0.2) is 4.98 Å². The fraction of sp³-hybridized carbons (Fsp3) is 0.258. The molecule has 2 aromatic heterocycles. The van der Waals surface area contributed by atoms with Crippen LogP contribution in [0.2, 0.25) is 15.1 Å². The molecule has 1 fully saturated rings. The summed E-state index contributed by atoms with van der Waals surface area (Å²) in [6, 6.07) is 16.6. The number of carbonyl (C=O) groups is 1. The van der Waals surface area contributed by atoms with Crippen molar-refractivity contribution in [2.45, 2.75) is 51.0 Å². The quantitative estimate of drug-likeness (QED) is 0.148. The third-order valence-corrected chi connectivity index (χ3v) is 9.65. The molecule has 2 unspecified atom stereocenters. The molecular weight excluding hydrogens is 622 g/mol. The molecule has 5 aromatic rings. The Labute approximate surface area is 260 Å². The summed E-state index contributed by atoms with van der Waals surface area (Å²) in [7, 11) is 0. The van der Waals surface area contributed by atoms with Gasteiger partial charge in [0.1, 0.15) is 29.6 Å². The van der Waals surface area contributed by atoms with Gasteiger partial charge >= 0.3 is 0 Å². The molecule has 42 heavy (non-hydrogen) atoms. The molecule has 0 bridgehead atoms. The standard InChI is InChI=1S/C31H25Cl3N2O4S.FH/c1-16(2)29-19(28(36-40-29)27-22(32)5-4-6-23(27)33)14-38-17-7-9-20(24(34)11-17)31(3)13-21(31)30-35-25-10-8-18(39-15-37)12-26(25)41-30;/h4-12,15-16,21H,13-14H2,1-3H3;1H. The molecule has 0 aliphatic heterocycles. The highest BCUT2D eigenvalue weighted by atomic mass is 35.5. The van der Waals surface area contributed by atoms with E-state index in [0.29, 0.717) is 50.1 Å². The molecule has 218 valence electrons. The Kier molecular flexibility index (Phi) is 8.54. The second kappa shape index (κ2) is 11.8. The van der Waals surface area contributed by atoms with Gasteiger partial charge in [-0.05, 0) is 48.4 Å². The normalized spacial score (nSPS) is 17.7. The number of ether oxygens (including phenoxy) is 2. The minimum Gasteiger partial charge on any atom is -0.489 e. The van der Waals surface area contributed by atoms with E-state index in [1.54, 1.807) is 35.6 Å². The molecule has 1 aliphatic carbocycles. The number of aromatic nitrogens is 2. The van der Waals surface area contributed by atoms with Gasteiger partial charge in [-0.15, -0.1) is 11.3 Å². The SMILES string of the molecule is CC(C)c1onc(-c2c(Cl)cccc2Cl)c1COc1ccc(C2(C)CC2c2nc3ccc(OC=O)cc3s2)c(Cl)c1.F. The summed E-state index contributed by atoms with van der Waals surface area (Å²) in [6.07, 6.45) is 0.935. The molecule has 6 nitrogen and oxygen atoms in total. The largest absolute Gasteiger partial charge is 0.489 e. The average Bonchev–Trinajstić information content (AvgIpc) is 3.25. The van der Waals surface area contributed by atoms with Gasteiger partial charge in [0, 0.05) is 33.9 Å². The van der Waals surface area contributed by atoms with Crippen molar-refractivity contribution in [1.82, 2.24) is 10.1 Å². The van der Waals surface area contributed by atoms with Crippen LogP contribution < -0.4 is 9.47 Å². The summed E-state index contributed by atoms with van der Waals surface area (Å²) in [5.41, 5.74) is 3.78. The van der Waals surface area contributed by atoms with Crippen molar-refractivity contribution in [3.05, 3.63) is 91.6 Å². The molecule has 1 aliphatic rings. The van der Waals surface area contributed by atoms with Gasteiger partial charge in [0.2, 0.25) is 0 Å². The first-order valence-corrected chi connectivity index (χ1v) is 15.0. The van der Waals surface area contributed by atoms with Crippen LogP contribution in [-0.4, -0.2) is 16.6 Å². The van der Waals surface area contributed by atoms with E-state index in [2.05, 4.69) is 12.1 Å². The van der Waals surface area contributed by atoms with E-state index in [9.17, 15) is 4.79 Å². The minimum atomic E-state index is -0.140. The van der Waals surface area contributed by atoms with Crippen molar-refractivity contribution in [3.63, 3.8) is 0 Å². The highest BCUT2D eigenvalue weighted by Gasteiger charge is 2.54. The monoisotopic (exact) mass is 646 g/mol. The van der Waals surface area contributed by atoms with Crippen LogP contribution in [0, 0.1) is 0 Å². The lowest BCUT2D eigenvalue weighted by molar-refractivity contribution is -0.120. The Balaban J connectivity index is 0.00000353. The minimum absolute atomic E-state index is 0. The Bertz CT molecular complexity index is 1770. The first-order valence-electron chi connectivity index (χ1n) is 13.1. The van der Waals surface area contributed by atoms with E-state index in [1.165, 1.54) is 0 Å².